The van der Waals surface area contributed by atoms with Crippen molar-refractivity contribution in [2.45, 2.75) is 64.1 Å². The van der Waals surface area contributed by atoms with Crippen LogP contribution in [-0.4, -0.2) is 89.6 Å². The fraction of sp³-hybridized carbons (Fsp3) is 0.560. The molecule has 0 aromatic carbocycles. The normalized spacial score (nSPS) is 13.5. The van der Waals surface area contributed by atoms with Crippen LogP contribution >= 0.6 is 0 Å². The summed E-state index contributed by atoms with van der Waals surface area (Å²) in [6, 6.07) is -4.67. The van der Waals surface area contributed by atoms with Crippen molar-refractivity contribution in [2.75, 3.05) is 19.8 Å². The Kier molecular flexibility index (Phi) is 16.4. The average molecular weight is 571 g/mol. The third-order valence-electron chi connectivity index (χ3n) is 5.33. The molecule has 0 saturated carbocycles. The minimum atomic E-state index is -1.64. The van der Waals surface area contributed by atoms with E-state index in [0.29, 0.717) is 12.8 Å². The van der Waals surface area contributed by atoms with Gasteiger partial charge in [0, 0.05) is 23.5 Å². The molecule has 40 heavy (non-hydrogen) atoms. The first-order valence-electron chi connectivity index (χ1n) is 12.3. The van der Waals surface area contributed by atoms with Gasteiger partial charge in [0.25, 0.3) is 0 Å². The van der Waals surface area contributed by atoms with Gasteiger partial charge in [0.15, 0.2) is 11.8 Å². The number of hydrogen-bond acceptors (Lipinski definition) is 11. The summed E-state index contributed by atoms with van der Waals surface area (Å²) in [5.74, 6) is -8.43. The smallest absolute Gasteiger partial charge is 0.333 e. The third-order valence-corrected chi connectivity index (χ3v) is 5.33. The minimum absolute atomic E-state index is 0.0148. The Balaban J connectivity index is 5.61. The molecule has 0 aliphatic heterocycles. The van der Waals surface area contributed by atoms with Gasteiger partial charge >= 0.3 is 23.9 Å². The lowest BCUT2D eigenvalue weighted by molar-refractivity contribution is -0.149. The minimum Gasteiger partial charge on any atom is -0.481 e. The number of nitrogens with one attached hydrogen (secondary N) is 2. The first-order valence-corrected chi connectivity index (χ1v) is 12.3. The Morgan fingerprint density at radius 2 is 1.32 bits per heavy atom. The predicted octanol–water partition coefficient (Wildman–Crippen LogP) is -1.21. The summed E-state index contributed by atoms with van der Waals surface area (Å²) in [6.07, 6.45) is -0.472. The number of Topliss-reactive ketones (excluding diaryl/α,β-unsaturated/α-hetero) is 1. The van der Waals surface area contributed by atoms with Gasteiger partial charge in [0.2, 0.25) is 11.8 Å². The molecule has 224 valence electrons. The van der Waals surface area contributed by atoms with Gasteiger partial charge in [-0.2, -0.15) is 0 Å². The number of nitrogens with two attached hydrogens (primary N) is 2. The SMILES string of the molecule is C=C(C)C(=O)OCC(NC(=O)[C@H](CCCCN)CC(=O)[C@H](CC(=O)O)NC(=O)[C@@H](N)COC(=O)C(=C)C)C(=O)O. The van der Waals surface area contributed by atoms with Gasteiger partial charge in [-0.05, 0) is 33.2 Å². The second-order valence-electron chi connectivity index (χ2n) is 9.07. The molecule has 0 spiro atoms. The van der Waals surface area contributed by atoms with Crippen LogP contribution in [0.1, 0.15) is 46.0 Å². The number of amides is 2. The van der Waals surface area contributed by atoms with Gasteiger partial charge in [-0.25, -0.2) is 14.4 Å². The molecule has 0 radical (unpaired) electrons. The van der Waals surface area contributed by atoms with Gasteiger partial charge in [0.1, 0.15) is 19.3 Å². The molecule has 0 aromatic rings. The number of rotatable bonds is 20. The molecule has 0 aliphatic rings. The maximum Gasteiger partial charge on any atom is 0.333 e. The standard InChI is InChI=1S/C25H38N4O11/c1-13(2)24(37)39-11-16(27)22(34)28-17(10-20(31)32)19(30)9-15(7-5-6-8-26)21(33)29-18(23(35)36)12-40-25(38)14(3)4/h15-18H,1,3,5-12,26-27H2,2,4H3,(H,28,34)(H,29,33)(H,31,32)(H,35,36)/t15-,16+,17+,18?/m1/s1. The lowest BCUT2D eigenvalue weighted by Gasteiger charge is -2.23. The zero-order valence-corrected chi connectivity index (χ0v) is 22.6. The molecule has 0 rings (SSSR count). The highest BCUT2D eigenvalue weighted by Crippen LogP contribution is 2.16. The fourth-order valence-electron chi connectivity index (χ4n) is 3.06. The summed E-state index contributed by atoms with van der Waals surface area (Å²) in [4.78, 5) is 84.5. The summed E-state index contributed by atoms with van der Waals surface area (Å²) in [7, 11) is 0. The van der Waals surface area contributed by atoms with E-state index in [1.54, 1.807) is 0 Å². The van der Waals surface area contributed by atoms with Gasteiger partial charge in [-0.3, -0.25) is 19.2 Å². The van der Waals surface area contributed by atoms with E-state index in [1.165, 1.54) is 13.8 Å². The van der Waals surface area contributed by atoms with Crippen molar-refractivity contribution in [1.29, 1.82) is 0 Å². The Morgan fingerprint density at radius 1 is 0.800 bits per heavy atom. The fourth-order valence-corrected chi connectivity index (χ4v) is 3.06. The molecule has 0 bridgehead atoms. The number of aliphatic carboxylic acids is 2. The van der Waals surface area contributed by atoms with Crippen LogP contribution in [0, 0.1) is 5.92 Å². The van der Waals surface area contributed by atoms with E-state index in [4.69, 9.17) is 20.9 Å². The average Bonchev–Trinajstić information content (AvgIpc) is 2.87. The zero-order valence-electron chi connectivity index (χ0n) is 22.6. The number of hydrogen-bond donors (Lipinski definition) is 6. The highest BCUT2D eigenvalue weighted by atomic mass is 16.5. The Labute approximate surface area is 231 Å². The van der Waals surface area contributed by atoms with Crippen molar-refractivity contribution in [1.82, 2.24) is 10.6 Å². The maximum absolute atomic E-state index is 13.0. The molecule has 0 saturated heterocycles. The summed E-state index contributed by atoms with van der Waals surface area (Å²) in [5.41, 5.74) is 11.2. The van der Waals surface area contributed by atoms with Crippen LogP contribution in [0.2, 0.25) is 0 Å². The maximum atomic E-state index is 13.0. The number of ketones is 1. The molecular formula is C25H38N4O11. The Morgan fingerprint density at radius 3 is 1.80 bits per heavy atom. The summed E-state index contributed by atoms with van der Waals surface area (Å²) in [6.45, 7) is 8.49. The van der Waals surface area contributed by atoms with Crippen molar-refractivity contribution in [3.05, 3.63) is 24.3 Å². The number of carbonyl (C=O) groups excluding carboxylic acids is 5. The quantitative estimate of drug-likeness (QED) is 0.0571. The lowest BCUT2D eigenvalue weighted by atomic mass is 9.91. The van der Waals surface area contributed by atoms with E-state index in [2.05, 4.69) is 23.8 Å². The molecule has 4 atom stereocenters. The molecule has 0 aromatic heterocycles. The predicted molar refractivity (Wildman–Crippen MR) is 139 cm³/mol. The van der Waals surface area contributed by atoms with E-state index in [9.17, 15) is 43.8 Å². The van der Waals surface area contributed by atoms with Gasteiger partial charge in [0.05, 0.1) is 12.5 Å². The van der Waals surface area contributed by atoms with Crippen LogP contribution in [-0.2, 0) is 43.0 Å². The highest BCUT2D eigenvalue weighted by molar-refractivity contribution is 5.96. The Bertz CT molecular complexity index is 995. The van der Waals surface area contributed by atoms with E-state index in [0.717, 1.165) is 0 Å². The van der Waals surface area contributed by atoms with Crippen LogP contribution in [0.25, 0.3) is 0 Å². The van der Waals surface area contributed by atoms with E-state index < -0.39 is 91.6 Å². The first kappa shape index (κ1) is 35.9. The summed E-state index contributed by atoms with van der Waals surface area (Å²) in [5, 5.41) is 23.1. The second-order valence-corrected chi connectivity index (χ2v) is 9.07. The number of unbranched alkanes of at least 4 members (excludes halogenated alkanes) is 1. The number of carbonyl (C=O) groups is 7. The second kappa shape index (κ2) is 18.2. The number of carboxylic acid groups (broad SMARTS) is 2. The van der Waals surface area contributed by atoms with Crippen molar-refractivity contribution in [3.8, 4) is 0 Å². The van der Waals surface area contributed by atoms with Crippen molar-refractivity contribution in [2.24, 2.45) is 17.4 Å². The van der Waals surface area contributed by atoms with Crippen LogP contribution < -0.4 is 22.1 Å². The summed E-state index contributed by atoms with van der Waals surface area (Å²) < 4.78 is 9.60. The van der Waals surface area contributed by atoms with Gasteiger partial charge in [-0.15, -0.1) is 0 Å². The van der Waals surface area contributed by atoms with Crippen LogP contribution in [0.3, 0.4) is 0 Å². The van der Waals surface area contributed by atoms with Crippen LogP contribution in [0.4, 0.5) is 0 Å². The molecule has 15 nitrogen and oxygen atoms in total. The molecular weight excluding hydrogens is 532 g/mol. The van der Waals surface area contributed by atoms with Crippen molar-refractivity contribution < 1.29 is 53.2 Å². The van der Waals surface area contributed by atoms with E-state index in [1.807, 2.05) is 0 Å². The summed E-state index contributed by atoms with van der Waals surface area (Å²) >= 11 is 0. The molecule has 8 N–H and O–H groups in total. The van der Waals surface area contributed by atoms with Crippen LogP contribution in [0.5, 0.6) is 0 Å². The number of ether oxygens (including phenoxy) is 2. The lowest BCUT2D eigenvalue weighted by Crippen LogP contribution is -2.52. The van der Waals surface area contributed by atoms with E-state index in [-0.39, 0.29) is 24.1 Å². The van der Waals surface area contributed by atoms with Gasteiger partial charge < -0.3 is 41.8 Å². The van der Waals surface area contributed by atoms with E-state index >= 15 is 0 Å². The first-order chi connectivity index (χ1) is 18.6. The molecule has 15 heteroatoms. The largest absolute Gasteiger partial charge is 0.481 e. The van der Waals surface area contributed by atoms with Crippen molar-refractivity contribution in [3.63, 3.8) is 0 Å². The monoisotopic (exact) mass is 570 g/mol. The molecule has 2 amide bonds. The third kappa shape index (κ3) is 14.2. The topological polar surface area (TPSA) is 255 Å². The Hall–Kier alpha value is -4.11. The molecule has 0 aliphatic carbocycles. The number of esters is 2. The van der Waals surface area contributed by atoms with Crippen LogP contribution in [0.15, 0.2) is 24.3 Å². The highest BCUT2D eigenvalue weighted by Gasteiger charge is 2.32. The molecule has 0 fully saturated rings. The van der Waals surface area contributed by atoms with Gasteiger partial charge in [-0.1, -0.05) is 19.6 Å². The number of carboxylic acids is 2. The molecule has 1 unspecified atom stereocenters. The van der Waals surface area contributed by atoms with Crippen molar-refractivity contribution >= 4 is 41.5 Å². The molecule has 0 heterocycles. The zero-order chi connectivity index (χ0) is 31.0.